The second kappa shape index (κ2) is 6.91. The third kappa shape index (κ3) is 3.56. The third-order valence-electron chi connectivity index (χ3n) is 3.65. The van der Waals surface area contributed by atoms with Crippen LogP contribution in [0.5, 0.6) is 0 Å². The van der Waals surface area contributed by atoms with Crippen LogP contribution >= 0.6 is 0 Å². The Hall–Kier alpha value is -0.860. The van der Waals surface area contributed by atoms with Crippen LogP contribution in [0.4, 0.5) is 0 Å². The summed E-state index contributed by atoms with van der Waals surface area (Å²) in [4.78, 5) is 2.49. The first-order valence-electron chi connectivity index (χ1n) is 7.09. The van der Waals surface area contributed by atoms with E-state index in [0.717, 1.165) is 13.0 Å². The monoisotopic (exact) mass is 248 g/mol. The molecule has 0 fully saturated rings. The summed E-state index contributed by atoms with van der Waals surface area (Å²) in [6, 6.07) is 9.77. The molecule has 1 rings (SSSR count). The van der Waals surface area contributed by atoms with Gasteiger partial charge in [-0.3, -0.25) is 4.90 Å². The number of likely N-dealkylation sites (N-methyl/N-ethyl adjacent to an activating group) is 1. The highest BCUT2D eigenvalue weighted by atomic mass is 15.2. The lowest BCUT2D eigenvalue weighted by Gasteiger charge is -2.38. The minimum Gasteiger partial charge on any atom is -0.326 e. The van der Waals surface area contributed by atoms with Gasteiger partial charge in [0, 0.05) is 12.1 Å². The molecule has 0 spiro atoms. The molecule has 1 aromatic rings. The standard InChI is InChI=1S/C16H28N2/c1-6-15(17)16(18(7-2)12(3)4)14-10-8-9-13(5)11-14/h8-12,15-16H,6-7,17H2,1-5H3. The zero-order valence-electron chi connectivity index (χ0n) is 12.5. The molecule has 2 unspecified atom stereocenters. The van der Waals surface area contributed by atoms with Crippen LogP contribution in [0.2, 0.25) is 0 Å². The van der Waals surface area contributed by atoms with Gasteiger partial charge in [0.25, 0.3) is 0 Å². The molecule has 0 aliphatic carbocycles. The van der Waals surface area contributed by atoms with E-state index in [0.29, 0.717) is 12.1 Å². The fourth-order valence-corrected chi connectivity index (χ4v) is 2.65. The zero-order chi connectivity index (χ0) is 13.7. The van der Waals surface area contributed by atoms with Gasteiger partial charge in [0.2, 0.25) is 0 Å². The number of hydrogen-bond acceptors (Lipinski definition) is 2. The summed E-state index contributed by atoms with van der Waals surface area (Å²) < 4.78 is 0. The third-order valence-corrected chi connectivity index (χ3v) is 3.65. The van der Waals surface area contributed by atoms with Crippen LogP contribution < -0.4 is 5.73 Å². The number of aryl methyl sites for hydroxylation is 1. The Labute approximate surface area is 112 Å². The first-order valence-corrected chi connectivity index (χ1v) is 7.09. The molecule has 2 nitrogen and oxygen atoms in total. The van der Waals surface area contributed by atoms with Gasteiger partial charge in [-0.25, -0.2) is 0 Å². The van der Waals surface area contributed by atoms with Gasteiger partial charge in [-0.2, -0.15) is 0 Å². The van der Waals surface area contributed by atoms with Crippen LogP contribution in [0.15, 0.2) is 24.3 Å². The van der Waals surface area contributed by atoms with E-state index < -0.39 is 0 Å². The molecule has 1 aromatic carbocycles. The SMILES string of the molecule is CCC(N)C(c1cccc(C)c1)N(CC)C(C)C. The van der Waals surface area contributed by atoms with Crippen LogP contribution in [-0.4, -0.2) is 23.5 Å². The second-order valence-corrected chi connectivity index (χ2v) is 5.36. The van der Waals surface area contributed by atoms with Crippen molar-refractivity contribution in [3.8, 4) is 0 Å². The van der Waals surface area contributed by atoms with Gasteiger partial charge >= 0.3 is 0 Å². The summed E-state index contributed by atoms with van der Waals surface area (Å²) in [5.41, 5.74) is 9.03. The van der Waals surface area contributed by atoms with E-state index in [1.165, 1.54) is 11.1 Å². The van der Waals surface area contributed by atoms with Gasteiger partial charge in [0.15, 0.2) is 0 Å². The predicted molar refractivity (Wildman–Crippen MR) is 79.7 cm³/mol. The van der Waals surface area contributed by atoms with E-state index in [-0.39, 0.29) is 6.04 Å². The van der Waals surface area contributed by atoms with Crippen molar-refractivity contribution in [2.24, 2.45) is 5.73 Å². The average molecular weight is 248 g/mol. The van der Waals surface area contributed by atoms with E-state index in [2.05, 4.69) is 63.8 Å². The maximum absolute atomic E-state index is 6.37. The fourth-order valence-electron chi connectivity index (χ4n) is 2.65. The molecule has 2 N–H and O–H groups in total. The number of nitrogens with two attached hydrogens (primary N) is 1. The largest absolute Gasteiger partial charge is 0.326 e. The van der Waals surface area contributed by atoms with Crippen molar-refractivity contribution in [1.82, 2.24) is 4.90 Å². The molecule has 0 heterocycles. The molecule has 0 aliphatic rings. The Morgan fingerprint density at radius 1 is 1.22 bits per heavy atom. The van der Waals surface area contributed by atoms with Gasteiger partial charge in [0.05, 0.1) is 6.04 Å². The van der Waals surface area contributed by atoms with Crippen molar-refractivity contribution in [3.63, 3.8) is 0 Å². The van der Waals surface area contributed by atoms with Crippen molar-refractivity contribution >= 4 is 0 Å². The number of rotatable bonds is 6. The lowest BCUT2D eigenvalue weighted by molar-refractivity contribution is 0.138. The summed E-state index contributed by atoms with van der Waals surface area (Å²) in [5, 5.41) is 0. The van der Waals surface area contributed by atoms with Crippen molar-refractivity contribution in [3.05, 3.63) is 35.4 Å². The Morgan fingerprint density at radius 3 is 2.33 bits per heavy atom. The van der Waals surface area contributed by atoms with Crippen molar-refractivity contribution in [2.45, 2.75) is 59.2 Å². The molecule has 0 saturated carbocycles. The smallest absolute Gasteiger partial charge is 0.0501 e. The maximum Gasteiger partial charge on any atom is 0.0501 e. The Bertz CT molecular complexity index is 360. The van der Waals surface area contributed by atoms with Crippen LogP contribution in [0.25, 0.3) is 0 Å². The van der Waals surface area contributed by atoms with Crippen molar-refractivity contribution in [1.29, 1.82) is 0 Å². The van der Waals surface area contributed by atoms with Crippen LogP contribution in [0.1, 0.15) is 51.3 Å². The molecular weight excluding hydrogens is 220 g/mol. The molecule has 0 radical (unpaired) electrons. The molecule has 102 valence electrons. The molecule has 18 heavy (non-hydrogen) atoms. The highest BCUT2D eigenvalue weighted by molar-refractivity contribution is 5.26. The van der Waals surface area contributed by atoms with Gasteiger partial charge in [-0.1, -0.05) is 43.7 Å². The molecule has 2 heteroatoms. The maximum atomic E-state index is 6.37. The van der Waals surface area contributed by atoms with E-state index in [4.69, 9.17) is 5.73 Å². The molecule has 0 bridgehead atoms. The highest BCUT2D eigenvalue weighted by Gasteiger charge is 2.26. The van der Waals surface area contributed by atoms with E-state index in [9.17, 15) is 0 Å². The number of hydrogen-bond donors (Lipinski definition) is 1. The molecule has 0 aliphatic heterocycles. The molecule has 0 saturated heterocycles. The lowest BCUT2D eigenvalue weighted by atomic mass is 9.94. The molecule has 2 atom stereocenters. The fraction of sp³-hybridized carbons (Fsp3) is 0.625. The van der Waals surface area contributed by atoms with E-state index in [1.807, 2.05) is 0 Å². The van der Waals surface area contributed by atoms with Crippen molar-refractivity contribution in [2.75, 3.05) is 6.54 Å². The first kappa shape index (κ1) is 15.2. The normalized spacial score (nSPS) is 15.1. The van der Waals surface area contributed by atoms with Crippen LogP contribution in [0.3, 0.4) is 0 Å². The molecule has 0 amide bonds. The van der Waals surface area contributed by atoms with E-state index in [1.54, 1.807) is 0 Å². The Balaban J connectivity index is 3.12. The first-order chi connectivity index (χ1) is 8.51. The van der Waals surface area contributed by atoms with Crippen molar-refractivity contribution < 1.29 is 0 Å². The van der Waals surface area contributed by atoms with Crippen LogP contribution in [0, 0.1) is 6.92 Å². The molecule has 0 aromatic heterocycles. The predicted octanol–water partition coefficient (Wildman–Crippen LogP) is 3.50. The Kier molecular flexibility index (Phi) is 5.83. The quantitative estimate of drug-likeness (QED) is 0.835. The zero-order valence-corrected chi connectivity index (χ0v) is 12.5. The van der Waals surface area contributed by atoms with Gasteiger partial charge in [0.1, 0.15) is 0 Å². The summed E-state index contributed by atoms with van der Waals surface area (Å²) in [6.07, 6.45) is 1.00. The Morgan fingerprint density at radius 2 is 1.89 bits per heavy atom. The lowest BCUT2D eigenvalue weighted by Crippen LogP contribution is -2.44. The van der Waals surface area contributed by atoms with Gasteiger partial charge < -0.3 is 5.73 Å². The summed E-state index contributed by atoms with van der Waals surface area (Å²) in [5.74, 6) is 0. The van der Waals surface area contributed by atoms with E-state index >= 15 is 0 Å². The van der Waals surface area contributed by atoms with Crippen LogP contribution in [-0.2, 0) is 0 Å². The topological polar surface area (TPSA) is 29.3 Å². The minimum atomic E-state index is 0.189. The average Bonchev–Trinajstić information content (AvgIpc) is 2.34. The number of benzene rings is 1. The summed E-state index contributed by atoms with van der Waals surface area (Å²) in [7, 11) is 0. The summed E-state index contributed by atoms with van der Waals surface area (Å²) >= 11 is 0. The number of nitrogens with zero attached hydrogens (tertiary/aromatic N) is 1. The minimum absolute atomic E-state index is 0.189. The second-order valence-electron chi connectivity index (χ2n) is 5.36. The van der Waals surface area contributed by atoms with Gasteiger partial charge in [-0.05, 0) is 39.3 Å². The molecular formula is C16H28N2. The highest BCUT2D eigenvalue weighted by Crippen LogP contribution is 2.27. The van der Waals surface area contributed by atoms with Gasteiger partial charge in [-0.15, -0.1) is 0 Å². The summed E-state index contributed by atoms with van der Waals surface area (Å²) in [6.45, 7) is 12.0.